The van der Waals surface area contributed by atoms with E-state index in [1.807, 2.05) is 32.0 Å². The van der Waals surface area contributed by atoms with E-state index in [2.05, 4.69) is 10.4 Å². The average molecular weight is 410 g/mol. The standard InChI is InChI=1S/C22H23FN4O3/c1-4-10-24-20(28)19-21(29)26(13-16-7-5-6-14(2)11-16)22(30)27(25-19)17-9-8-15(3)18(23)12-17/h5-9,11-12H,4,10,13H2,1-3H3,(H,24,28). The second-order valence-electron chi connectivity index (χ2n) is 7.11. The maximum absolute atomic E-state index is 14.1. The van der Waals surface area contributed by atoms with Crippen molar-refractivity contribution in [1.82, 2.24) is 19.7 Å². The number of hydrogen-bond donors (Lipinski definition) is 1. The van der Waals surface area contributed by atoms with Crippen molar-refractivity contribution in [3.05, 3.63) is 91.5 Å². The fourth-order valence-electron chi connectivity index (χ4n) is 2.99. The predicted octanol–water partition coefficient (Wildman–Crippen LogP) is 2.34. The number of aryl methyl sites for hydroxylation is 2. The van der Waals surface area contributed by atoms with E-state index in [1.165, 1.54) is 12.1 Å². The Balaban J connectivity index is 2.21. The highest BCUT2D eigenvalue weighted by Gasteiger charge is 2.20. The summed E-state index contributed by atoms with van der Waals surface area (Å²) in [6.45, 7) is 5.69. The molecule has 1 aromatic heterocycles. The number of nitrogens with one attached hydrogen (secondary N) is 1. The summed E-state index contributed by atoms with van der Waals surface area (Å²) in [6, 6.07) is 11.5. The molecule has 1 heterocycles. The lowest BCUT2D eigenvalue weighted by Gasteiger charge is -2.13. The van der Waals surface area contributed by atoms with Gasteiger partial charge < -0.3 is 5.32 Å². The van der Waals surface area contributed by atoms with Gasteiger partial charge in [0, 0.05) is 12.6 Å². The first-order chi connectivity index (χ1) is 14.3. The highest BCUT2D eigenvalue weighted by molar-refractivity contribution is 5.91. The van der Waals surface area contributed by atoms with Crippen molar-refractivity contribution in [3.63, 3.8) is 0 Å². The second-order valence-corrected chi connectivity index (χ2v) is 7.11. The smallest absolute Gasteiger partial charge is 0.350 e. The van der Waals surface area contributed by atoms with Gasteiger partial charge in [0.25, 0.3) is 11.5 Å². The van der Waals surface area contributed by atoms with E-state index in [9.17, 15) is 18.8 Å². The second kappa shape index (κ2) is 8.86. The number of aromatic nitrogens is 3. The van der Waals surface area contributed by atoms with E-state index < -0.39 is 28.7 Å². The van der Waals surface area contributed by atoms with Crippen molar-refractivity contribution < 1.29 is 9.18 Å². The maximum atomic E-state index is 14.1. The van der Waals surface area contributed by atoms with Crippen LogP contribution in [0.3, 0.4) is 0 Å². The van der Waals surface area contributed by atoms with Gasteiger partial charge in [0.2, 0.25) is 5.69 Å². The summed E-state index contributed by atoms with van der Waals surface area (Å²) in [5, 5.41) is 6.58. The molecule has 3 rings (SSSR count). The number of benzene rings is 2. The lowest BCUT2D eigenvalue weighted by Crippen LogP contribution is -2.46. The van der Waals surface area contributed by atoms with Gasteiger partial charge in [-0.05, 0) is 37.5 Å². The van der Waals surface area contributed by atoms with Crippen molar-refractivity contribution in [2.24, 2.45) is 0 Å². The van der Waals surface area contributed by atoms with E-state index in [-0.39, 0.29) is 12.2 Å². The van der Waals surface area contributed by atoms with Crippen LogP contribution in [0.2, 0.25) is 0 Å². The van der Waals surface area contributed by atoms with Gasteiger partial charge in [0.05, 0.1) is 12.2 Å². The Morgan fingerprint density at radius 1 is 1.13 bits per heavy atom. The summed E-state index contributed by atoms with van der Waals surface area (Å²) in [6.07, 6.45) is 0.673. The third-order valence-electron chi connectivity index (χ3n) is 4.63. The van der Waals surface area contributed by atoms with E-state index in [4.69, 9.17) is 0 Å². The summed E-state index contributed by atoms with van der Waals surface area (Å²) >= 11 is 0. The molecule has 0 saturated carbocycles. The van der Waals surface area contributed by atoms with E-state index in [0.29, 0.717) is 18.5 Å². The quantitative estimate of drug-likeness (QED) is 0.676. The van der Waals surface area contributed by atoms with Crippen LogP contribution in [0.1, 0.15) is 40.5 Å². The van der Waals surface area contributed by atoms with Crippen molar-refractivity contribution in [3.8, 4) is 5.69 Å². The first-order valence-corrected chi connectivity index (χ1v) is 9.66. The molecule has 0 aliphatic heterocycles. The van der Waals surface area contributed by atoms with E-state index in [0.717, 1.165) is 26.4 Å². The Labute approximate surface area is 172 Å². The number of nitrogens with zero attached hydrogens (tertiary/aromatic N) is 3. The number of carbonyl (C=O) groups excluding carboxylic acids is 1. The third kappa shape index (κ3) is 4.37. The molecule has 156 valence electrons. The normalized spacial score (nSPS) is 10.8. The van der Waals surface area contributed by atoms with Crippen LogP contribution in [0.5, 0.6) is 0 Å². The Morgan fingerprint density at radius 2 is 1.90 bits per heavy atom. The first kappa shape index (κ1) is 21.2. The van der Waals surface area contributed by atoms with Crippen LogP contribution in [-0.4, -0.2) is 26.8 Å². The van der Waals surface area contributed by atoms with Gasteiger partial charge in [-0.3, -0.25) is 14.2 Å². The molecule has 0 aliphatic rings. The minimum atomic E-state index is -0.793. The van der Waals surface area contributed by atoms with Crippen LogP contribution in [0, 0.1) is 19.7 Å². The van der Waals surface area contributed by atoms with Gasteiger partial charge in [-0.1, -0.05) is 42.8 Å². The summed E-state index contributed by atoms with van der Waals surface area (Å²) in [5.41, 5.74) is 0.261. The van der Waals surface area contributed by atoms with Crippen LogP contribution in [0.15, 0.2) is 52.1 Å². The number of rotatable bonds is 6. The molecule has 0 unspecified atom stereocenters. The molecule has 0 bridgehead atoms. The average Bonchev–Trinajstić information content (AvgIpc) is 2.71. The van der Waals surface area contributed by atoms with Crippen LogP contribution >= 0.6 is 0 Å². The van der Waals surface area contributed by atoms with Gasteiger partial charge >= 0.3 is 5.69 Å². The highest BCUT2D eigenvalue weighted by Crippen LogP contribution is 2.11. The predicted molar refractivity (Wildman–Crippen MR) is 112 cm³/mol. The SMILES string of the molecule is CCCNC(=O)c1nn(-c2ccc(C)c(F)c2)c(=O)n(Cc2cccc(C)c2)c1=O. The Bertz CT molecular complexity index is 1210. The molecule has 8 heteroatoms. The summed E-state index contributed by atoms with van der Waals surface area (Å²) in [4.78, 5) is 38.5. The van der Waals surface area contributed by atoms with Crippen molar-refractivity contribution in [2.45, 2.75) is 33.7 Å². The molecule has 0 atom stereocenters. The van der Waals surface area contributed by atoms with Crippen LogP contribution in [0.4, 0.5) is 4.39 Å². The van der Waals surface area contributed by atoms with E-state index >= 15 is 0 Å². The topological polar surface area (TPSA) is 86.0 Å². The van der Waals surface area contributed by atoms with Gasteiger partial charge in [-0.15, -0.1) is 0 Å². The van der Waals surface area contributed by atoms with Crippen molar-refractivity contribution >= 4 is 5.91 Å². The zero-order chi connectivity index (χ0) is 21.8. The summed E-state index contributed by atoms with van der Waals surface area (Å²) in [7, 11) is 0. The number of amides is 1. The third-order valence-corrected chi connectivity index (χ3v) is 4.63. The molecule has 0 fully saturated rings. The molecule has 2 aromatic carbocycles. The molecule has 0 aliphatic carbocycles. The molecule has 1 N–H and O–H groups in total. The monoisotopic (exact) mass is 410 g/mol. The number of hydrogen-bond acceptors (Lipinski definition) is 4. The zero-order valence-corrected chi connectivity index (χ0v) is 17.1. The van der Waals surface area contributed by atoms with Crippen LogP contribution in [0.25, 0.3) is 5.69 Å². The molecule has 7 nitrogen and oxygen atoms in total. The Kier molecular flexibility index (Phi) is 6.25. The minimum Gasteiger partial charge on any atom is -0.350 e. The largest absolute Gasteiger partial charge is 0.352 e. The molecule has 0 saturated heterocycles. The van der Waals surface area contributed by atoms with Gasteiger partial charge in [0.1, 0.15) is 5.82 Å². The van der Waals surface area contributed by atoms with Crippen molar-refractivity contribution in [2.75, 3.05) is 6.54 Å². The highest BCUT2D eigenvalue weighted by atomic mass is 19.1. The minimum absolute atomic E-state index is 0.0374. The molecule has 1 amide bonds. The maximum Gasteiger partial charge on any atom is 0.352 e. The van der Waals surface area contributed by atoms with Gasteiger partial charge in [-0.2, -0.15) is 9.78 Å². The lowest BCUT2D eigenvalue weighted by molar-refractivity contribution is 0.0944. The summed E-state index contributed by atoms with van der Waals surface area (Å²) in [5.74, 6) is -1.20. The number of halogens is 1. The van der Waals surface area contributed by atoms with Crippen LogP contribution < -0.4 is 16.6 Å². The first-order valence-electron chi connectivity index (χ1n) is 9.66. The van der Waals surface area contributed by atoms with Gasteiger partial charge in [0.15, 0.2) is 0 Å². The lowest BCUT2D eigenvalue weighted by atomic mass is 10.1. The van der Waals surface area contributed by atoms with Crippen molar-refractivity contribution in [1.29, 1.82) is 0 Å². The zero-order valence-electron chi connectivity index (χ0n) is 17.1. The molecule has 30 heavy (non-hydrogen) atoms. The fourth-order valence-corrected chi connectivity index (χ4v) is 2.99. The Morgan fingerprint density at radius 3 is 2.57 bits per heavy atom. The summed E-state index contributed by atoms with van der Waals surface area (Å²) < 4.78 is 15.9. The molecular weight excluding hydrogens is 387 g/mol. The Hall–Kier alpha value is -3.55. The van der Waals surface area contributed by atoms with Gasteiger partial charge in [-0.25, -0.2) is 9.18 Å². The molecule has 3 aromatic rings. The number of carbonyl (C=O) groups is 1. The fraction of sp³-hybridized carbons (Fsp3) is 0.273. The van der Waals surface area contributed by atoms with E-state index in [1.54, 1.807) is 13.0 Å². The molecular formula is C22H23FN4O3. The molecule has 0 spiro atoms. The molecule has 0 radical (unpaired) electrons. The van der Waals surface area contributed by atoms with Crippen LogP contribution in [-0.2, 0) is 6.54 Å².